The number of rotatable bonds is 3. The third-order valence-corrected chi connectivity index (χ3v) is 0.920. The Hall–Kier alpha value is -0.500. The van der Waals surface area contributed by atoms with Crippen LogP contribution in [0.15, 0.2) is 11.8 Å². The number of hydrogen-bond acceptors (Lipinski definition) is 2. The number of ether oxygens (including phenoxy) is 1. The third-order valence-electron chi connectivity index (χ3n) is 0.920. The molecule has 0 radical (unpaired) electrons. The molecule has 0 bridgehead atoms. The summed E-state index contributed by atoms with van der Waals surface area (Å²) in [5, 5.41) is 0. The Morgan fingerprint density at radius 3 is 2.75 bits per heavy atom. The highest BCUT2D eigenvalue weighted by Gasteiger charge is 1.80. The van der Waals surface area contributed by atoms with Crippen molar-refractivity contribution in [2.75, 3.05) is 13.7 Å². The van der Waals surface area contributed by atoms with Gasteiger partial charge in [-0.2, -0.15) is 0 Å². The Morgan fingerprint density at radius 1 is 1.75 bits per heavy atom. The van der Waals surface area contributed by atoms with Gasteiger partial charge in [-0.25, -0.2) is 0 Å². The average Bonchev–Trinajstić information content (AvgIpc) is 1.83. The van der Waals surface area contributed by atoms with Crippen LogP contribution in [0.5, 0.6) is 0 Å². The molecule has 0 unspecified atom stereocenters. The SMILES string of the molecule is CC/C(N)=C\COC. The quantitative estimate of drug-likeness (QED) is 0.592. The molecular weight excluding hydrogens is 102 g/mol. The van der Waals surface area contributed by atoms with E-state index in [0.29, 0.717) is 6.61 Å². The largest absolute Gasteiger partial charge is 0.402 e. The smallest absolute Gasteiger partial charge is 0.0663 e. The lowest BCUT2D eigenvalue weighted by molar-refractivity contribution is 0.233. The molecule has 0 atom stereocenters. The van der Waals surface area contributed by atoms with E-state index in [1.807, 2.05) is 13.0 Å². The van der Waals surface area contributed by atoms with Crippen molar-refractivity contribution in [3.63, 3.8) is 0 Å². The zero-order valence-electron chi connectivity index (χ0n) is 5.48. The standard InChI is InChI=1S/C6H13NO/c1-3-6(7)4-5-8-2/h4H,3,5,7H2,1-2H3/b6-4+. The molecule has 8 heavy (non-hydrogen) atoms. The van der Waals surface area contributed by atoms with Crippen LogP contribution in [0, 0.1) is 0 Å². The Bertz CT molecular complexity index is 78.6. The number of nitrogens with two attached hydrogens (primary N) is 1. The molecule has 0 aliphatic rings. The fourth-order valence-corrected chi connectivity index (χ4v) is 0.335. The summed E-state index contributed by atoms with van der Waals surface area (Å²) in [7, 11) is 1.65. The van der Waals surface area contributed by atoms with Crippen LogP contribution < -0.4 is 5.73 Å². The maximum absolute atomic E-state index is 5.44. The summed E-state index contributed by atoms with van der Waals surface area (Å²) < 4.78 is 4.76. The average molecular weight is 115 g/mol. The van der Waals surface area contributed by atoms with E-state index in [2.05, 4.69) is 0 Å². The van der Waals surface area contributed by atoms with Gasteiger partial charge in [-0.05, 0) is 12.5 Å². The lowest BCUT2D eigenvalue weighted by atomic mass is 10.3. The molecule has 0 aliphatic heterocycles. The summed E-state index contributed by atoms with van der Waals surface area (Å²) >= 11 is 0. The summed E-state index contributed by atoms with van der Waals surface area (Å²) in [6.07, 6.45) is 2.78. The molecule has 0 heterocycles. The van der Waals surface area contributed by atoms with Crippen molar-refractivity contribution in [1.29, 1.82) is 0 Å². The first-order chi connectivity index (χ1) is 3.81. The highest BCUT2D eigenvalue weighted by molar-refractivity contribution is 4.94. The van der Waals surface area contributed by atoms with Crippen molar-refractivity contribution in [3.05, 3.63) is 11.8 Å². The fraction of sp³-hybridized carbons (Fsp3) is 0.667. The Morgan fingerprint density at radius 2 is 2.38 bits per heavy atom. The maximum Gasteiger partial charge on any atom is 0.0663 e. The van der Waals surface area contributed by atoms with Crippen molar-refractivity contribution >= 4 is 0 Å². The molecule has 2 N–H and O–H groups in total. The Balaban J connectivity index is 3.26. The molecule has 2 nitrogen and oxygen atoms in total. The van der Waals surface area contributed by atoms with E-state index >= 15 is 0 Å². The summed E-state index contributed by atoms with van der Waals surface area (Å²) in [6, 6.07) is 0. The van der Waals surface area contributed by atoms with Gasteiger partial charge in [0.05, 0.1) is 6.61 Å². The van der Waals surface area contributed by atoms with Gasteiger partial charge in [-0.1, -0.05) is 6.92 Å². The van der Waals surface area contributed by atoms with Crippen LogP contribution in [0.25, 0.3) is 0 Å². The predicted molar refractivity (Wildman–Crippen MR) is 34.4 cm³/mol. The van der Waals surface area contributed by atoms with Crippen LogP contribution in [0.2, 0.25) is 0 Å². The van der Waals surface area contributed by atoms with E-state index in [0.717, 1.165) is 12.1 Å². The van der Waals surface area contributed by atoms with Gasteiger partial charge in [-0.3, -0.25) is 0 Å². The van der Waals surface area contributed by atoms with Gasteiger partial charge in [0.2, 0.25) is 0 Å². The second-order valence-electron chi connectivity index (χ2n) is 1.59. The number of allylic oxidation sites excluding steroid dienone is 1. The van der Waals surface area contributed by atoms with Gasteiger partial charge in [0.1, 0.15) is 0 Å². The van der Waals surface area contributed by atoms with E-state index in [9.17, 15) is 0 Å². The normalized spacial score (nSPS) is 12.0. The molecule has 0 saturated carbocycles. The first-order valence-electron chi connectivity index (χ1n) is 2.74. The molecule has 0 saturated heterocycles. The summed E-state index contributed by atoms with van der Waals surface area (Å²) in [5.41, 5.74) is 6.34. The van der Waals surface area contributed by atoms with Crippen LogP contribution in [-0.4, -0.2) is 13.7 Å². The summed E-state index contributed by atoms with van der Waals surface area (Å²) in [6.45, 7) is 2.64. The van der Waals surface area contributed by atoms with Gasteiger partial charge < -0.3 is 10.5 Å². The Labute approximate surface area is 50.3 Å². The maximum atomic E-state index is 5.44. The lowest BCUT2D eigenvalue weighted by Gasteiger charge is -1.93. The van der Waals surface area contributed by atoms with E-state index in [4.69, 9.17) is 10.5 Å². The van der Waals surface area contributed by atoms with Crippen LogP contribution >= 0.6 is 0 Å². The minimum absolute atomic E-state index is 0.625. The summed E-state index contributed by atoms with van der Waals surface area (Å²) in [4.78, 5) is 0. The monoisotopic (exact) mass is 115 g/mol. The molecule has 0 aromatic heterocycles. The molecular formula is C6H13NO. The van der Waals surface area contributed by atoms with Crippen molar-refractivity contribution < 1.29 is 4.74 Å². The van der Waals surface area contributed by atoms with Gasteiger partial charge in [0.25, 0.3) is 0 Å². The van der Waals surface area contributed by atoms with Crippen molar-refractivity contribution in [1.82, 2.24) is 0 Å². The van der Waals surface area contributed by atoms with E-state index in [1.165, 1.54) is 0 Å². The molecule has 0 aliphatic carbocycles. The van der Waals surface area contributed by atoms with Gasteiger partial charge in [0, 0.05) is 12.8 Å². The van der Waals surface area contributed by atoms with Crippen molar-refractivity contribution in [2.24, 2.45) is 5.73 Å². The topological polar surface area (TPSA) is 35.2 Å². The van der Waals surface area contributed by atoms with E-state index in [1.54, 1.807) is 7.11 Å². The van der Waals surface area contributed by atoms with E-state index < -0.39 is 0 Å². The lowest BCUT2D eigenvalue weighted by Crippen LogP contribution is -1.96. The molecule has 0 aromatic rings. The molecule has 2 heteroatoms. The zero-order valence-corrected chi connectivity index (χ0v) is 5.48. The van der Waals surface area contributed by atoms with E-state index in [-0.39, 0.29) is 0 Å². The second-order valence-corrected chi connectivity index (χ2v) is 1.59. The minimum atomic E-state index is 0.625. The van der Waals surface area contributed by atoms with Gasteiger partial charge in [0.15, 0.2) is 0 Å². The molecule has 48 valence electrons. The second kappa shape index (κ2) is 4.65. The van der Waals surface area contributed by atoms with Gasteiger partial charge >= 0.3 is 0 Å². The van der Waals surface area contributed by atoms with Crippen LogP contribution in [0.1, 0.15) is 13.3 Å². The molecule has 0 aromatic carbocycles. The first-order valence-corrected chi connectivity index (χ1v) is 2.74. The van der Waals surface area contributed by atoms with Crippen molar-refractivity contribution in [3.8, 4) is 0 Å². The third kappa shape index (κ3) is 3.68. The first kappa shape index (κ1) is 7.50. The van der Waals surface area contributed by atoms with Gasteiger partial charge in [-0.15, -0.1) is 0 Å². The number of hydrogen-bond donors (Lipinski definition) is 1. The molecule has 0 amide bonds. The predicted octanol–water partition coefficient (Wildman–Crippen LogP) is 0.885. The molecule has 0 fully saturated rings. The van der Waals surface area contributed by atoms with Crippen LogP contribution in [-0.2, 0) is 4.74 Å². The fourth-order valence-electron chi connectivity index (χ4n) is 0.335. The van der Waals surface area contributed by atoms with Crippen LogP contribution in [0.4, 0.5) is 0 Å². The minimum Gasteiger partial charge on any atom is -0.402 e. The highest BCUT2D eigenvalue weighted by Crippen LogP contribution is 1.88. The molecule has 0 spiro atoms. The van der Waals surface area contributed by atoms with Crippen molar-refractivity contribution in [2.45, 2.75) is 13.3 Å². The number of methoxy groups -OCH3 is 1. The van der Waals surface area contributed by atoms with Crippen LogP contribution in [0.3, 0.4) is 0 Å². The highest BCUT2D eigenvalue weighted by atomic mass is 16.5. The zero-order chi connectivity index (χ0) is 6.41. The molecule has 0 rings (SSSR count). The Kier molecular flexibility index (Phi) is 4.36. The summed E-state index contributed by atoms with van der Waals surface area (Å²) in [5.74, 6) is 0.